The van der Waals surface area contributed by atoms with Gasteiger partial charge in [-0.25, -0.2) is 9.97 Å². The Bertz CT molecular complexity index is 268. The molecule has 0 radical (unpaired) electrons. The molecule has 1 aromatic rings. The molecule has 0 aliphatic rings. The second-order valence-electron chi connectivity index (χ2n) is 2.43. The van der Waals surface area contributed by atoms with E-state index in [1.807, 2.05) is 19.9 Å². The molecule has 0 aromatic carbocycles. The zero-order chi connectivity index (χ0) is 8.27. The molecule has 11 heavy (non-hydrogen) atoms. The molecule has 1 rings (SSSR count). The lowest BCUT2D eigenvalue weighted by Gasteiger charge is -2.01. The first-order valence-corrected chi connectivity index (χ1v) is 3.40. The van der Waals surface area contributed by atoms with Gasteiger partial charge in [0, 0.05) is 17.6 Å². The van der Waals surface area contributed by atoms with Gasteiger partial charge in [-0.1, -0.05) is 6.58 Å². The maximum Gasteiger partial charge on any atom is 0.227 e. The number of hydrogen-bond acceptors (Lipinski definition) is 3. The van der Waals surface area contributed by atoms with Gasteiger partial charge in [0.1, 0.15) is 0 Å². The van der Waals surface area contributed by atoms with Gasteiger partial charge >= 0.3 is 0 Å². The fourth-order valence-corrected chi connectivity index (χ4v) is 0.700. The smallest absolute Gasteiger partial charge is 0.227 e. The molecule has 0 spiro atoms. The van der Waals surface area contributed by atoms with Gasteiger partial charge in [0.25, 0.3) is 0 Å². The second-order valence-corrected chi connectivity index (χ2v) is 2.43. The minimum Gasteiger partial charge on any atom is -0.329 e. The Balaban J connectivity index is 2.79. The Kier molecular flexibility index (Phi) is 2.21. The van der Waals surface area contributed by atoms with Crippen molar-refractivity contribution >= 4 is 5.95 Å². The zero-order valence-electron chi connectivity index (χ0n) is 6.76. The van der Waals surface area contributed by atoms with Gasteiger partial charge in [0.15, 0.2) is 0 Å². The lowest BCUT2D eigenvalue weighted by atomic mass is 10.4. The van der Waals surface area contributed by atoms with Gasteiger partial charge < -0.3 is 5.32 Å². The van der Waals surface area contributed by atoms with E-state index in [4.69, 9.17) is 0 Å². The first-order chi connectivity index (χ1) is 5.18. The predicted octanol–water partition coefficient (Wildman–Crippen LogP) is 1.73. The van der Waals surface area contributed by atoms with Gasteiger partial charge in [0.05, 0.1) is 0 Å². The lowest BCUT2D eigenvalue weighted by molar-refractivity contribution is 1.09. The summed E-state index contributed by atoms with van der Waals surface area (Å²) in [7, 11) is 0. The quantitative estimate of drug-likeness (QED) is 0.695. The van der Waals surface area contributed by atoms with Gasteiger partial charge in [0.2, 0.25) is 5.95 Å². The molecule has 0 bridgehead atoms. The van der Waals surface area contributed by atoms with E-state index < -0.39 is 0 Å². The molecular formula is C8H11N3. The standard InChI is InChI=1S/C8H11N3/c1-6(2)10-8-9-5-4-7(3)11-8/h4-5H,1H2,2-3H3,(H,9,10,11). The van der Waals surface area contributed by atoms with Crippen LogP contribution in [-0.2, 0) is 0 Å². The van der Waals surface area contributed by atoms with E-state index in [1.165, 1.54) is 0 Å². The average molecular weight is 149 g/mol. The third kappa shape index (κ3) is 2.37. The van der Waals surface area contributed by atoms with Crippen molar-refractivity contribution in [2.75, 3.05) is 5.32 Å². The number of allylic oxidation sites excluding steroid dienone is 1. The molecule has 0 aliphatic heterocycles. The highest BCUT2D eigenvalue weighted by Gasteiger charge is 1.92. The summed E-state index contributed by atoms with van der Waals surface area (Å²) in [5, 5.41) is 2.93. The minimum absolute atomic E-state index is 0.609. The van der Waals surface area contributed by atoms with E-state index >= 15 is 0 Å². The van der Waals surface area contributed by atoms with Crippen LogP contribution >= 0.6 is 0 Å². The monoisotopic (exact) mass is 149 g/mol. The SMILES string of the molecule is C=C(C)Nc1nccc(C)n1. The number of nitrogens with zero attached hydrogens (tertiary/aromatic N) is 2. The van der Waals surface area contributed by atoms with Crippen molar-refractivity contribution in [3.63, 3.8) is 0 Å². The molecule has 0 amide bonds. The molecular weight excluding hydrogens is 138 g/mol. The summed E-state index contributed by atoms with van der Waals surface area (Å²) in [6.07, 6.45) is 1.72. The molecule has 58 valence electrons. The highest BCUT2D eigenvalue weighted by atomic mass is 15.1. The summed E-state index contributed by atoms with van der Waals surface area (Å²) in [5.74, 6) is 0.609. The summed E-state index contributed by atoms with van der Waals surface area (Å²) >= 11 is 0. The van der Waals surface area contributed by atoms with Crippen LogP contribution < -0.4 is 5.32 Å². The van der Waals surface area contributed by atoms with Crippen molar-refractivity contribution in [2.24, 2.45) is 0 Å². The third-order valence-electron chi connectivity index (χ3n) is 1.12. The Morgan fingerprint density at radius 2 is 2.36 bits per heavy atom. The Hall–Kier alpha value is -1.38. The van der Waals surface area contributed by atoms with E-state index in [2.05, 4.69) is 21.9 Å². The first-order valence-electron chi connectivity index (χ1n) is 3.40. The summed E-state index contributed by atoms with van der Waals surface area (Å²) in [6.45, 7) is 7.48. The first kappa shape index (κ1) is 7.72. The van der Waals surface area contributed by atoms with Crippen LogP contribution in [0.2, 0.25) is 0 Å². The van der Waals surface area contributed by atoms with Crippen molar-refractivity contribution in [1.29, 1.82) is 0 Å². The average Bonchev–Trinajstić information content (AvgIpc) is 1.85. The summed E-state index contributed by atoms with van der Waals surface area (Å²) < 4.78 is 0. The van der Waals surface area contributed by atoms with Crippen LogP contribution in [0.25, 0.3) is 0 Å². The highest BCUT2D eigenvalue weighted by molar-refractivity contribution is 5.31. The molecule has 1 heterocycles. The predicted molar refractivity (Wildman–Crippen MR) is 45.2 cm³/mol. The number of nitrogens with one attached hydrogen (secondary N) is 1. The van der Waals surface area contributed by atoms with E-state index in [1.54, 1.807) is 6.20 Å². The topological polar surface area (TPSA) is 37.8 Å². The Morgan fingerprint density at radius 3 is 2.91 bits per heavy atom. The molecule has 0 unspecified atom stereocenters. The molecule has 0 saturated heterocycles. The number of anilines is 1. The third-order valence-corrected chi connectivity index (χ3v) is 1.12. The lowest BCUT2D eigenvalue weighted by Crippen LogP contribution is -1.99. The van der Waals surface area contributed by atoms with E-state index in [0.29, 0.717) is 5.95 Å². The van der Waals surface area contributed by atoms with Crippen molar-refractivity contribution < 1.29 is 0 Å². The maximum absolute atomic E-state index is 4.13. The summed E-state index contributed by atoms with van der Waals surface area (Å²) in [5.41, 5.74) is 1.79. The largest absolute Gasteiger partial charge is 0.329 e. The van der Waals surface area contributed by atoms with Crippen LogP contribution in [0.4, 0.5) is 5.95 Å². The molecule has 0 atom stereocenters. The molecule has 0 saturated carbocycles. The van der Waals surface area contributed by atoms with Crippen molar-refractivity contribution in [1.82, 2.24) is 9.97 Å². The van der Waals surface area contributed by atoms with Crippen LogP contribution in [-0.4, -0.2) is 9.97 Å². The van der Waals surface area contributed by atoms with Gasteiger partial charge in [-0.15, -0.1) is 0 Å². The van der Waals surface area contributed by atoms with Crippen molar-refractivity contribution in [3.05, 3.63) is 30.2 Å². The number of aromatic nitrogens is 2. The van der Waals surface area contributed by atoms with Gasteiger partial charge in [-0.3, -0.25) is 0 Å². The Morgan fingerprint density at radius 1 is 1.64 bits per heavy atom. The van der Waals surface area contributed by atoms with Crippen molar-refractivity contribution in [2.45, 2.75) is 13.8 Å². The van der Waals surface area contributed by atoms with Gasteiger partial charge in [-0.05, 0) is 19.9 Å². The Labute approximate surface area is 66.2 Å². The van der Waals surface area contributed by atoms with Gasteiger partial charge in [-0.2, -0.15) is 0 Å². The number of rotatable bonds is 2. The van der Waals surface area contributed by atoms with Crippen LogP contribution in [0.1, 0.15) is 12.6 Å². The maximum atomic E-state index is 4.13. The van der Waals surface area contributed by atoms with Crippen LogP contribution in [0, 0.1) is 6.92 Å². The second kappa shape index (κ2) is 3.14. The molecule has 0 fully saturated rings. The fraction of sp³-hybridized carbons (Fsp3) is 0.250. The normalized spacial score (nSPS) is 9.27. The van der Waals surface area contributed by atoms with Crippen LogP contribution in [0.5, 0.6) is 0 Å². The van der Waals surface area contributed by atoms with Crippen LogP contribution in [0.15, 0.2) is 24.5 Å². The fourth-order valence-electron chi connectivity index (χ4n) is 0.700. The van der Waals surface area contributed by atoms with Crippen molar-refractivity contribution in [3.8, 4) is 0 Å². The highest BCUT2D eigenvalue weighted by Crippen LogP contribution is 2.00. The molecule has 3 heteroatoms. The van der Waals surface area contributed by atoms with Crippen LogP contribution in [0.3, 0.4) is 0 Å². The van der Waals surface area contributed by atoms with E-state index in [-0.39, 0.29) is 0 Å². The summed E-state index contributed by atoms with van der Waals surface area (Å²) in [6, 6.07) is 1.85. The number of hydrogen-bond donors (Lipinski definition) is 1. The molecule has 1 aromatic heterocycles. The summed E-state index contributed by atoms with van der Waals surface area (Å²) in [4.78, 5) is 8.13. The zero-order valence-corrected chi connectivity index (χ0v) is 6.76. The van der Waals surface area contributed by atoms with E-state index in [0.717, 1.165) is 11.4 Å². The van der Waals surface area contributed by atoms with E-state index in [9.17, 15) is 0 Å². The minimum atomic E-state index is 0.609. The number of aryl methyl sites for hydroxylation is 1. The molecule has 1 N–H and O–H groups in total. The molecule has 0 aliphatic carbocycles. The molecule has 3 nitrogen and oxygen atoms in total.